The molecule has 2 aromatic rings. The van der Waals surface area contributed by atoms with E-state index in [-0.39, 0.29) is 27.4 Å². The number of carbonyl (C=O) groups excluding carboxylic acids is 1. The summed E-state index contributed by atoms with van der Waals surface area (Å²) >= 11 is 12.1. The predicted molar refractivity (Wildman–Crippen MR) is 107 cm³/mol. The molecule has 0 aliphatic heterocycles. The third-order valence-corrected chi connectivity index (χ3v) is 4.08. The van der Waals surface area contributed by atoms with Crippen molar-refractivity contribution >= 4 is 40.9 Å². The average molecular weight is 405 g/mol. The molecule has 140 valence electrons. The Balaban J connectivity index is 2.41. The van der Waals surface area contributed by atoms with Gasteiger partial charge < -0.3 is 14.8 Å². The second-order valence-corrected chi connectivity index (χ2v) is 6.58. The van der Waals surface area contributed by atoms with E-state index in [1.54, 1.807) is 36.4 Å². The van der Waals surface area contributed by atoms with Gasteiger partial charge in [0.15, 0.2) is 11.5 Å². The normalized spacial score (nSPS) is 11.1. The predicted octanol–water partition coefficient (Wildman–Crippen LogP) is 5.33. The fraction of sp³-hybridized carbons (Fsp3) is 0.200. The molecule has 7 heteroatoms. The topological polar surface area (TPSA) is 71.3 Å². The number of amides is 1. The van der Waals surface area contributed by atoms with E-state index in [0.29, 0.717) is 17.1 Å². The third-order valence-electron chi connectivity index (χ3n) is 3.45. The van der Waals surface area contributed by atoms with Crippen molar-refractivity contribution in [3.8, 4) is 17.6 Å². The van der Waals surface area contributed by atoms with E-state index in [4.69, 9.17) is 32.7 Å². The van der Waals surface area contributed by atoms with Crippen LogP contribution in [0.5, 0.6) is 11.5 Å². The largest absolute Gasteiger partial charge is 0.493 e. The van der Waals surface area contributed by atoms with Gasteiger partial charge in [0.25, 0.3) is 5.91 Å². The van der Waals surface area contributed by atoms with Crippen LogP contribution < -0.4 is 14.8 Å². The summed E-state index contributed by atoms with van der Waals surface area (Å²) in [7, 11) is 1.52. The lowest BCUT2D eigenvalue weighted by molar-refractivity contribution is -0.112. The first kappa shape index (κ1) is 20.6. The van der Waals surface area contributed by atoms with Crippen LogP contribution in [0.3, 0.4) is 0 Å². The summed E-state index contributed by atoms with van der Waals surface area (Å²) in [5.74, 6) is 0.321. The number of anilines is 1. The van der Waals surface area contributed by atoms with Crippen LogP contribution in [-0.4, -0.2) is 19.1 Å². The number of methoxy groups -OCH3 is 1. The molecule has 2 aromatic carbocycles. The summed E-state index contributed by atoms with van der Waals surface area (Å²) in [6.07, 6.45) is 1.31. The fourth-order valence-corrected chi connectivity index (χ4v) is 2.76. The van der Waals surface area contributed by atoms with E-state index in [1.807, 2.05) is 19.9 Å². The maximum Gasteiger partial charge on any atom is 0.266 e. The van der Waals surface area contributed by atoms with E-state index < -0.39 is 5.91 Å². The van der Waals surface area contributed by atoms with Crippen molar-refractivity contribution in [3.05, 3.63) is 57.6 Å². The Morgan fingerprint density at radius 1 is 1.19 bits per heavy atom. The molecule has 2 rings (SSSR count). The highest BCUT2D eigenvalue weighted by molar-refractivity contribution is 6.40. The Bertz CT molecular complexity index is 898. The van der Waals surface area contributed by atoms with Crippen LogP contribution >= 0.6 is 23.2 Å². The molecule has 0 atom stereocenters. The minimum atomic E-state index is -0.634. The summed E-state index contributed by atoms with van der Waals surface area (Å²) in [5, 5.41) is 12.6. The van der Waals surface area contributed by atoms with Gasteiger partial charge in [-0.2, -0.15) is 5.26 Å². The van der Waals surface area contributed by atoms with Crippen LogP contribution in [0, 0.1) is 11.3 Å². The molecule has 0 unspecified atom stereocenters. The van der Waals surface area contributed by atoms with Crippen molar-refractivity contribution in [1.82, 2.24) is 0 Å². The highest BCUT2D eigenvalue weighted by Gasteiger charge is 2.17. The first-order chi connectivity index (χ1) is 12.9. The highest BCUT2D eigenvalue weighted by Crippen LogP contribution is 2.34. The Morgan fingerprint density at radius 3 is 2.37 bits per heavy atom. The minimum Gasteiger partial charge on any atom is -0.493 e. The molecule has 27 heavy (non-hydrogen) atoms. The lowest BCUT2D eigenvalue weighted by atomic mass is 10.1. The minimum absolute atomic E-state index is 0.116. The maximum absolute atomic E-state index is 12.5. The van der Waals surface area contributed by atoms with Gasteiger partial charge in [-0.3, -0.25) is 4.79 Å². The highest BCUT2D eigenvalue weighted by atomic mass is 35.5. The Morgan fingerprint density at radius 2 is 1.81 bits per heavy atom. The average Bonchev–Trinajstić information content (AvgIpc) is 2.63. The van der Waals surface area contributed by atoms with E-state index in [0.717, 1.165) is 0 Å². The van der Waals surface area contributed by atoms with Crippen molar-refractivity contribution in [2.75, 3.05) is 12.4 Å². The molecule has 1 amide bonds. The van der Waals surface area contributed by atoms with E-state index >= 15 is 0 Å². The molecule has 0 radical (unpaired) electrons. The smallest absolute Gasteiger partial charge is 0.266 e. The fourth-order valence-electron chi connectivity index (χ4n) is 2.27. The van der Waals surface area contributed by atoms with Gasteiger partial charge in [0.05, 0.1) is 28.9 Å². The summed E-state index contributed by atoms with van der Waals surface area (Å²) in [4.78, 5) is 12.5. The van der Waals surface area contributed by atoms with E-state index in [2.05, 4.69) is 5.32 Å². The molecule has 0 heterocycles. The molecular formula is C20H18Cl2N2O3. The van der Waals surface area contributed by atoms with Crippen LogP contribution in [0.1, 0.15) is 19.4 Å². The number of carbonyl (C=O) groups is 1. The zero-order valence-electron chi connectivity index (χ0n) is 15.0. The molecule has 0 saturated heterocycles. The number of nitrogens with one attached hydrogen (secondary N) is 1. The number of halogens is 2. The van der Waals surface area contributed by atoms with Crippen molar-refractivity contribution in [1.29, 1.82) is 5.26 Å². The van der Waals surface area contributed by atoms with E-state index in [1.165, 1.54) is 13.2 Å². The summed E-state index contributed by atoms with van der Waals surface area (Å²) in [6, 6.07) is 12.0. The monoisotopic (exact) mass is 404 g/mol. The zero-order valence-corrected chi connectivity index (χ0v) is 16.6. The van der Waals surface area contributed by atoms with Crippen molar-refractivity contribution in [2.24, 2.45) is 0 Å². The van der Waals surface area contributed by atoms with Crippen LogP contribution in [0.2, 0.25) is 10.0 Å². The molecule has 0 aliphatic rings. The van der Waals surface area contributed by atoms with E-state index in [9.17, 15) is 10.1 Å². The van der Waals surface area contributed by atoms with Gasteiger partial charge in [-0.05, 0) is 38.1 Å². The molecule has 0 fully saturated rings. The SMILES string of the molecule is COc1cccc(/C=C(\C#N)C(=O)Nc2c(Cl)cccc2Cl)c1OC(C)C. The van der Waals surface area contributed by atoms with Crippen molar-refractivity contribution in [3.63, 3.8) is 0 Å². The van der Waals surface area contributed by atoms with Crippen molar-refractivity contribution in [2.45, 2.75) is 20.0 Å². The summed E-state index contributed by atoms with van der Waals surface area (Å²) in [6.45, 7) is 3.74. The third kappa shape index (κ3) is 5.16. The Kier molecular flexibility index (Phi) is 7.12. The van der Waals surface area contributed by atoms with Crippen LogP contribution in [0.25, 0.3) is 6.08 Å². The molecule has 1 N–H and O–H groups in total. The van der Waals surface area contributed by atoms with Gasteiger partial charge in [-0.1, -0.05) is 41.4 Å². The second kappa shape index (κ2) is 9.31. The first-order valence-corrected chi connectivity index (χ1v) is 8.83. The van der Waals surface area contributed by atoms with Gasteiger partial charge in [-0.25, -0.2) is 0 Å². The Labute approximate surface area is 168 Å². The first-order valence-electron chi connectivity index (χ1n) is 8.08. The van der Waals surface area contributed by atoms with Crippen LogP contribution in [-0.2, 0) is 4.79 Å². The summed E-state index contributed by atoms with van der Waals surface area (Å²) < 4.78 is 11.1. The number of nitrogens with zero attached hydrogens (tertiary/aromatic N) is 1. The number of rotatable bonds is 6. The molecule has 0 saturated carbocycles. The number of benzene rings is 2. The molecule has 0 spiro atoms. The van der Waals surface area contributed by atoms with Gasteiger partial charge in [0.2, 0.25) is 0 Å². The maximum atomic E-state index is 12.5. The second-order valence-electron chi connectivity index (χ2n) is 5.77. The summed E-state index contributed by atoms with van der Waals surface area (Å²) in [5.41, 5.74) is 0.657. The molecule has 0 aliphatic carbocycles. The molecule has 0 aromatic heterocycles. The number of para-hydroxylation sites is 2. The lowest BCUT2D eigenvalue weighted by Gasteiger charge is -2.16. The van der Waals surface area contributed by atoms with Crippen LogP contribution in [0.4, 0.5) is 5.69 Å². The van der Waals surface area contributed by atoms with Gasteiger partial charge in [0, 0.05) is 5.56 Å². The number of hydrogen-bond donors (Lipinski definition) is 1. The van der Waals surface area contributed by atoms with Crippen molar-refractivity contribution < 1.29 is 14.3 Å². The lowest BCUT2D eigenvalue weighted by Crippen LogP contribution is -2.14. The van der Waals surface area contributed by atoms with Crippen LogP contribution in [0.15, 0.2) is 42.0 Å². The van der Waals surface area contributed by atoms with Gasteiger partial charge >= 0.3 is 0 Å². The standard InChI is InChI=1S/C20H18Cl2N2O3/c1-12(2)27-19-13(6-4-9-17(19)26-3)10-14(11-23)20(25)24-18-15(21)7-5-8-16(18)22/h4-10,12H,1-3H3,(H,24,25)/b14-10+. The zero-order chi connectivity index (χ0) is 20.0. The Hall–Kier alpha value is -2.68. The molecular weight excluding hydrogens is 387 g/mol. The van der Waals surface area contributed by atoms with Gasteiger partial charge in [-0.15, -0.1) is 0 Å². The number of nitriles is 1. The number of ether oxygens (including phenoxy) is 2. The molecule has 5 nitrogen and oxygen atoms in total. The quantitative estimate of drug-likeness (QED) is 0.521. The molecule has 0 bridgehead atoms. The van der Waals surface area contributed by atoms with Gasteiger partial charge in [0.1, 0.15) is 11.6 Å². The number of hydrogen-bond acceptors (Lipinski definition) is 4.